The van der Waals surface area contributed by atoms with Gasteiger partial charge in [-0.15, -0.1) is 0 Å². The molecule has 1 aromatic carbocycles. The van der Waals surface area contributed by atoms with Crippen molar-refractivity contribution in [2.45, 2.75) is 13.8 Å². The van der Waals surface area contributed by atoms with Gasteiger partial charge in [0.2, 0.25) is 0 Å². The molecule has 0 aliphatic heterocycles. The summed E-state index contributed by atoms with van der Waals surface area (Å²) in [6, 6.07) is 5.40. The third kappa shape index (κ3) is 2.23. The molecular weight excluding hydrogens is 180 g/mol. The third-order valence-electron chi connectivity index (χ3n) is 1.81. The van der Waals surface area contributed by atoms with Gasteiger partial charge < -0.3 is 4.74 Å². The van der Waals surface area contributed by atoms with Crippen LogP contribution in [0.1, 0.15) is 22.8 Å². The number of hydrogen-bond acceptors (Lipinski definition) is 3. The number of carbonyl (C=O) groups is 1. The molecule has 14 heavy (non-hydrogen) atoms. The van der Waals surface area contributed by atoms with Gasteiger partial charge >= 0.3 is 0 Å². The Labute approximate surface area is 83.0 Å². The van der Waals surface area contributed by atoms with Gasteiger partial charge in [0.05, 0.1) is 12.2 Å². The minimum absolute atomic E-state index is 0.336. The molecule has 1 rings (SSSR count). The Bertz CT molecular complexity index is 337. The van der Waals surface area contributed by atoms with Crippen molar-refractivity contribution < 1.29 is 9.53 Å². The van der Waals surface area contributed by atoms with Crippen LogP contribution in [0.15, 0.2) is 18.2 Å². The Morgan fingerprint density at radius 3 is 2.86 bits per heavy atom. The van der Waals surface area contributed by atoms with Crippen LogP contribution in [0.25, 0.3) is 0 Å². The first kappa shape index (κ1) is 10.5. The lowest BCUT2D eigenvalue weighted by Gasteiger charge is -2.09. The van der Waals surface area contributed by atoms with Gasteiger partial charge in [0, 0.05) is 0 Å². The largest absolute Gasteiger partial charge is 0.493 e. The Morgan fingerprint density at radius 1 is 1.57 bits per heavy atom. The molecule has 4 heteroatoms. The predicted molar refractivity (Wildman–Crippen MR) is 54.0 cm³/mol. The molecule has 0 spiro atoms. The van der Waals surface area contributed by atoms with Crippen molar-refractivity contribution in [1.82, 2.24) is 5.43 Å². The molecule has 0 bridgehead atoms. The van der Waals surface area contributed by atoms with Gasteiger partial charge in [0.25, 0.3) is 5.91 Å². The molecule has 0 aliphatic rings. The van der Waals surface area contributed by atoms with Crippen LogP contribution >= 0.6 is 0 Å². The maximum absolute atomic E-state index is 11.3. The van der Waals surface area contributed by atoms with E-state index in [0.717, 1.165) is 5.56 Å². The Balaban J connectivity index is 3.08. The summed E-state index contributed by atoms with van der Waals surface area (Å²) >= 11 is 0. The first-order chi connectivity index (χ1) is 6.69. The van der Waals surface area contributed by atoms with Crippen molar-refractivity contribution in [2.24, 2.45) is 5.84 Å². The fraction of sp³-hybridized carbons (Fsp3) is 0.300. The first-order valence-corrected chi connectivity index (χ1v) is 4.43. The highest BCUT2D eigenvalue weighted by molar-refractivity contribution is 5.96. The second-order valence-electron chi connectivity index (χ2n) is 2.91. The highest BCUT2D eigenvalue weighted by atomic mass is 16.5. The summed E-state index contributed by atoms with van der Waals surface area (Å²) in [5.41, 5.74) is 3.55. The zero-order chi connectivity index (χ0) is 10.6. The summed E-state index contributed by atoms with van der Waals surface area (Å²) in [6.07, 6.45) is 0. The number of hydrazine groups is 1. The molecule has 1 amide bonds. The quantitative estimate of drug-likeness (QED) is 0.428. The van der Waals surface area contributed by atoms with E-state index in [2.05, 4.69) is 5.43 Å². The summed E-state index contributed by atoms with van der Waals surface area (Å²) in [6.45, 7) is 4.29. The highest BCUT2D eigenvalue weighted by Gasteiger charge is 2.10. The van der Waals surface area contributed by atoms with Crippen molar-refractivity contribution in [2.75, 3.05) is 6.61 Å². The van der Waals surface area contributed by atoms with Crippen molar-refractivity contribution in [3.8, 4) is 5.75 Å². The van der Waals surface area contributed by atoms with Gasteiger partial charge in [-0.25, -0.2) is 5.84 Å². The Hall–Kier alpha value is -1.55. The zero-order valence-electron chi connectivity index (χ0n) is 8.33. The van der Waals surface area contributed by atoms with Crippen molar-refractivity contribution in [1.29, 1.82) is 0 Å². The van der Waals surface area contributed by atoms with E-state index in [9.17, 15) is 4.79 Å². The maximum Gasteiger partial charge on any atom is 0.268 e. The van der Waals surface area contributed by atoms with Gasteiger partial charge in [-0.05, 0) is 26.0 Å². The number of aryl methyl sites for hydroxylation is 1. The number of amides is 1. The predicted octanol–water partition coefficient (Wildman–Crippen LogP) is 0.997. The molecule has 0 radical (unpaired) electrons. The summed E-state index contributed by atoms with van der Waals surface area (Å²) < 4.78 is 5.30. The van der Waals surface area contributed by atoms with E-state index in [1.807, 2.05) is 19.9 Å². The van der Waals surface area contributed by atoms with E-state index in [-0.39, 0.29) is 5.91 Å². The summed E-state index contributed by atoms with van der Waals surface area (Å²) in [7, 11) is 0. The number of carbonyl (C=O) groups excluding carboxylic acids is 1. The number of ether oxygens (including phenoxy) is 1. The van der Waals surface area contributed by atoms with E-state index >= 15 is 0 Å². The number of benzene rings is 1. The molecular formula is C10H14N2O2. The van der Waals surface area contributed by atoms with Gasteiger partial charge in [0.15, 0.2) is 0 Å². The average molecular weight is 194 g/mol. The molecule has 4 nitrogen and oxygen atoms in total. The molecule has 0 saturated heterocycles. The van der Waals surface area contributed by atoms with Crippen molar-refractivity contribution in [3.63, 3.8) is 0 Å². The molecule has 3 N–H and O–H groups in total. The van der Waals surface area contributed by atoms with Gasteiger partial charge in [-0.2, -0.15) is 0 Å². The van der Waals surface area contributed by atoms with Crippen LogP contribution in [0.2, 0.25) is 0 Å². The van der Waals surface area contributed by atoms with Crippen LogP contribution in [0, 0.1) is 6.92 Å². The monoisotopic (exact) mass is 194 g/mol. The number of nitrogens with two attached hydrogens (primary N) is 1. The smallest absolute Gasteiger partial charge is 0.268 e. The molecule has 0 heterocycles. The van der Waals surface area contributed by atoms with Gasteiger partial charge in [0.1, 0.15) is 5.75 Å². The second kappa shape index (κ2) is 4.62. The third-order valence-corrected chi connectivity index (χ3v) is 1.81. The number of nitrogen functional groups attached to an aromatic ring is 1. The molecule has 0 aromatic heterocycles. The van der Waals surface area contributed by atoms with Crippen LogP contribution in [0.5, 0.6) is 5.75 Å². The number of rotatable bonds is 3. The zero-order valence-corrected chi connectivity index (χ0v) is 8.33. The maximum atomic E-state index is 11.3. The Morgan fingerprint density at radius 2 is 2.29 bits per heavy atom. The van der Waals surface area contributed by atoms with Crippen LogP contribution < -0.4 is 16.0 Å². The van der Waals surface area contributed by atoms with Crippen LogP contribution in [-0.2, 0) is 0 Å². The molecule has 0 fully saturated rings. The Kier molecular flexibility index (Phi) is 3.48. The van der Waals surface area contributed by atoms with Crippen molar-refractivity contribution in [3.05, 3.63) is 29.3 Å². The fourth-order valence-electron chi connectivity index (χ4n) is 1.18. The highest BCUT2D eigenvalue weighted by Crippen LogP contribution is 2.19. The molecule has 0 atom stereocenters. The van der Waals surface area contributed by atoms with Gasteiger partial charge in [-0.1, -0.05) is 11.6 Å². The molecule has 0 unspecified atom stereocenters. The van der Waals surface area contributed by atoms with Gasteiger partial charge in [-0.3, -0.25) is 10.2 Å². The van der Waals surface area contributed by atoms with Crippen LogP contribution in [0.3, 0.4) is 0 Å². The number of hydrogen-bond donors (Lipinski definition) is 2. The number of nitrogens with one attached hydrogen (secondary N) is 1. The normalized spacial score (nSPS) is 9.64. The first-order valence-electron chi connectivity index (χ1n) is 4.43. The lowest BCUT2D eigenvalue weighted by atomic mass is 10.1. The minimum Gasteiger partial charge on any atom is -0.493 e. The van der Waals surface area contributed by atoms with E-state index in [1.165, 1.54) is 0 Å². The molecule has 0 aliphatic carbocycles. The summed E-state index contributed by atoms with van der Waals surface area (Å²) in [5.74, 6) is 5.28. The van der Waals surface area contributed by atoms with E-state index < -0.39 is 0 Å². The topological polar surface area (TPSA) is 64.3 Å². The van der Waals surface area contributed by atoms with Crippen molar-refractivity contribution >= 4 is 5.91 Å². The average Bonchev–Trinajstić information content (AvgIpc) is 2.20. The lowest BCUT2D eigenvalue weighted by Crippen LogP contribution is -2.30. The standard InChI is InChI=1S/C10H14N2O2/c1-3-14-9-5-4-7(2)6-8(9)10(13)12-11/h4-6H,3,11H2,1-2H3,(H,12,13). The second-order valence-corrected chi connectivity index (χ2v) is 2.91. The summed E-state index contributed by atoms with van der Waals surface area (Å²) in [5, 5.41) is 0. The van der Waals surface area contributed by atoms with E-state index in [0.29, 0.717) is 17.9 Å². The SMILES string of the molecule is CCOc1ccc(C)cc1C(=O)NN. The van der Waals surface area contributed by atoms with Crippen LogP contribution in [0.4, 0.5) is 0 Å². The molecule has 76 valence electrons. The molecule has 0 saturated carbocycles. The fourth-order valence-corrected chi connectivity index (χ4v) is 1.18. The van der Waals surface area contributed by atoms with Crippen LogP contribution in [-0.4, -0.2) is 12.5 Å². The lowest BCUT2D eigenvalue weighted by molar-refractivity contribution is 0.0950. The molecule has 1 aromatic rings. The minimum atomic E-state index is -0.336. The summed E-state index contributed by atoms with van der Waals surface area (Å²) in [4.78, 5) is 11.3. The van der Waals surface area contributed by atoms with E-state index in [1.54, 1.807) is 12.1 Å². The van der Waals surface area contributed by atoms with E-state index in [4.69, 9.17) is 10.6 Å².